The van der Waals surface area contributed by atoms with Crippen LogP contribution in [0.15, 0.2) is 29.3 Å². The number of hydrogen-bond acceptors (Lipinski definition) is 7. The predicted octanol–water partition coefficient (Wildman–Crippen LogP) is 5.26. The fraction of sp³-hybridized carbons (Fsp3) is 0.333. The number of nitrogens with zero attached hydrogens (tertiary/aromatic N) is 2. The van der Waals surface area contributed by atoms with Crippen LogP contribution in [-0.4, -0.2) is 40.4 Å². The molecule has 0 atom stereocenters. The Morgan fingerprint density at radius 2 is 1.96 bits per heavy atom. The van der Waals surface area contributed by atoms with Gasteiger partial charge in [-0.15, -0.1) is 23.1 Å². The van der Waals surface area contributed by atoms with E-state index >= 15 is 0 Å². The van der Waals surface area contributed by atoms with Crippen LogP contribution in [-0.2, 0) is 0 Å². The minimum atomic E-state index is -0.0633. The molecule has 1 aromatic carbocycles. The number of thiophene rings is 1. The molecule has 0 aliphatic heterocycles. The Bertz CT molecular complexity index is 900. The lowest BCUT2D eigenvalue weighted by molar-refractivity contribution is 0.104. The fourth-order valence-electron chi connectivity index (χ4n) is 2.63. The molecular weight excluding hydrogens is 406 g/mol. The average molecular weight is 426 g/mol. The summed E-state index contributed by atoms with van der Waals surface area (Å²) >= 11 is 10.5. The van der Waals surface area contributed by atoms with Crippen LogP contribution in [0.1, 0.15) is 29.1 Å². The number of rotatable bonds is 8. The van der Waals surface area contributed by atoms with Gasteiger partial charge in [0.15, 0.2) is 0 Å². The van der Waals surface area contributed by atoms with Gasteiger partial charge in [-0.2, -0.15) is 4.37 Å². The number of halogens is 1. The van der Waals surface area contributed by atoms with Crippen molar-refractivity contribution in [2.45, 2.75) is 18.9 Å². The Labute approximate surface area is 170 Å². The second-order valence-corrected chi connectivity index (χ2v) is 9.28. The van der Waals surface area contributed by atoms with Gasteiger partial charge in [0.25, 0.3) is 0 Å². The van der Waals surface area contributed by atoms with Crippen LogP contribution >= 0.6 is 46.2 Å². The van der Waals surface area contributed by atoms with E-state index in [1.54, 1.807) is 36.0 Å². The predicted molar refractivity (Wildman–Crippen MR) is 115 cm³/mol. The number of hydrogen-bond donors (Lipinski definition) is 1. The van der Waals surface area contributed by atoms with Crippen molar-refractivity contribution in [1.29, 1.82) is 0 Å². The van der Waals surface area contributed by atoms with Gasteiger partial charge >= 0.3 is 0 Å². The molecular formula is C18H20ClN3OS3. The molecule has 0 bridgehead atoms. The number of thioether (sulfide) groups is 1. The van der Waals surface area contributed by atoms with E-state index in [2.05, 4.69) is 23.1 Å². The van der Waals surface area contributed by atoms with Gasteiger partial charge < -0.3 is 10.6 Å². The summed E-state index contributed by atoms with van der Waals surface area (Å²) in [5.74, 6) is 0.891. The summed E-state index contributed by atoms with van der Waals surface area (Å²) in [7, 11) is 0. The third-order valence-electron chi connectivity index (χ3n) is 4.19. The van der Waals surface area contributed by atoms with E-state index in [4.69, 9.17) is 17.3 Å². The number of benzene rings is 1. The highest BCUT2D eigenvalue weighted by Crippen LogP contribution is 2.42. The molecule has 0 aliphatic rings. The first-order valence-electron chi connectivity index (χ1n) is 8.38. The zero-order valence-corrected chi connectivity index (χ0v) is 17.8. The number of anilines is 1. The van der Waals surface area contributed by atoms with Crippen LogP contribution in [0.2, 0.25) is 5.02 Å². The minimum absolute atomic E-state index is 0.0633. The Hall–Kier alpha value is -1.12. The molecule has 2 aromatic heterocycles. The zero-order valence-electron chi connectivity index (χ0n) is 14.6. The van der Waals surface area contributed by atoms with Crippen molar-refractivity contribution in [2.75, 3.05) is 31.1 Å². The standard InChI is InChI=1S/C18H20ClN3OS3/c1-3-22(4-2)9-10-24-17-13-14(20)16(25-18(13)26-21-17)15(23)11-5-7-12(19)8-6-11/h5-8H,3-4,9-10,20H2,1-2H3. The number of fused-ring (bicyclic) bond motifs is 1. The molecule has 0 radical (unpaired) electrons. The average Bonchev–Trinajstić information content (AvgIpc) is 3.19. The van der Waals surface area contributed by atoms with Gasteiger partial charge in [-0.3, -0.25) is 4.79 Å². The van der Waals surface area contributed by atoms with Gasteiger partial charge in [0.2, 0.25) is 5.78 Å². The molecule has 4 nitrogen and oxygen atoms in total. The maximum atomic E-state index is 12.8. The van der Waals surface area contributed by atoms with Gasteiger partial charge in [0.1, 0.15) is 13.9 Å². The highest BCUT2D eigenvalue weighted by Gasteiger charge is 2.22. The topological polar surface area (TPSA) is 59.2 Å². The normalized spacial score (nSPS) is 11.5. The monoisotopic (exact) mass is 425 g/mol. The molecule has 2 N–H and O–H groups in total. The summed E-state index contributed by atoms with van der Waals surface area (Å²) in [6.45, 7) is 7.44. The first-order chi connectivity index (χ1) is 12.5. The lowest BCUT2D eigenvalue weighted by atomic mass is 10.1. The molecule has 3 rings (SSSR count). The van der Waals surface area contributed by atoms with Crippen LogP contribution in [0.5, 0.6) is 0 Å². The second-order valence-electron chi connectivity index (χ2n) is 5.71. The molecule has 2 heterocycles. The quantitative estimate of drug-likeness (QED) is 0.394. The number of carbonyl (C=O) groups is 1. The third-order valence-corrected chi connectivity index (χ3v) is 7.63. The summed E-state index contributed by atoms with van der Waals surface area (Å²) in [5, 5.41) is 2.47. The highest BCUT2D eigenvalue weighted by atomic mass is 35.5. The molecule has 0 fully saturated rings. The molecule has 0 spiro atoms. The van der Waals surface area contributed by atoms with E-state index in [9.17, 15) is 4.79 Å². The maximum Gasteiger partial charge on any atom is 0.205 e. The van der Waals surface area contributed by atoms with E-state index in [-0.39, 0.29) is 5.78 Å². The second kappa shape index (κ2) is 8.71. The molecule has 3 aromatic rings. The summed E-state index contributed by atoms with van der Waals surface area (Å²) in [6.07, 6.45) is 0. The van der Waals surface area contributed by atoms with E-state index < -0.39 is 0 Å². The number of nitrogens with two attached hydrogens (primary N) is 1. The van der Waals surface area contributed by atoms with Gasteiger partial charge in [-0.25, -0.2) is 0 Å². The molecule has 26 heavy (non-hydrogen) atoms. The number of nitrogen functional groups attached to an aromatic ring is 1. The van der Waals surface area contributed by atoms with Crippen molar-refractivity contribution in [1.82, 2.24) is 9.27 Å². The van der Waals surface area contributed by atoms with E-state index in [0.29, 0.717) is 21.2 Å². The van der Waals surface area contributed by atoms with Gasteiger partial charge in [-0.1, -0.05) is 25.4 Å². The largest absolute Gasteiger partial charge is 0.397 e. The number of carbonyl (C=O) groups excluding carboxylic acids is 1. The van der Waals surface area contributed by atoms with Crippen LogP contribution in [0, 0.1) is 0 Å². The van der Waals surface area contributed by atoms with Crippen LogP contribution in [0.3, 0.4) is 0 Å². The molecule has 0 amide bonds. The van der Waals surface area contributed by atoms with Crippen molar-refractivity contribution in [2.24, 2.45) is 0 Å². The van der Waals surface area contributed by atoms with Crippen LogP contribution in [0.4, 0.5) is 5.69 Å². The van der Waals surface area contributed by atoms with Crippen molar-refractivity contribution in [3.8, 4) is 0 Å². The molecule has 8 heteroatoms. The number of aromatic nitrogens is 1. The molecule has 0 unspecified atom stereocenters. The molecule has 138 valence electrons. The number of ketones is 1. The Morgan fingerprint density at radius 3 is 2.62 bits per heavy atom. The third kappa shape index (κ3) is 4.07. The van der Waals surface area contributed by atoms with E-state index in [0.717, 1.165) is 39.8 Å². The molecule has 0 saturated carbocycles. The molecule has 0 saturated heterocycles. The Kier molecular flexibility index (Phi) is 6.58. The summed E-state index contributed by atoms with van der Waals surface area (Å²) in [6, 6.07) is 6.90. The summed E-state index contributed by atoms with van der Waals surface area (Å²) < 4.78 is 5.54. The smallest absolute Gasteiger partial charge is 0.205 e. The fourth-order valence-corrected chi connectivity index (χ4v) is 6.09. The van der Waals surface area contributed by atoms with Crippen molar-refractivity contribution >= 4 is 67.1 Å². The molecule has 0 aliphatic carbocycles. The van der Waals surface area contributed by atoms with Crippen molar-refractivity contribution in [3.63, 3.8) is 0 Å². The van der Waals surface area contributed by atoms with E-state index in [1.807, 2.05) is 0 Å². The van der Waals surface area contributed by atoms with E-state index in [1.165, 1.54) is 22.9 Å². The first-order valence-corrected chi connectivity index (χ1v) is 11.3. The van der Waals surface area contributed by atoms with Crippen molar-refractivity contribution < 1.29 is 4.79 Å². The maximum absolute atomic E-state index is 12.8. The van der Waals surface area contributed by atoms with Gasteiger partial charge in [0.05, 0.1) is 11.1 Å². The zero-order chi connectivity index (χ0) is 18.7. The van der Waals surface area contributed by atoms with Gasteiger partial charge in [-0.05, 0) is 48.9 Å². The van der Waals surface area contributed by atoms with Crippen LogP contribution in [0.25, 0.3) is 9.40 Å². The Balaban J connectivity index is 1.82. The Morgan fingerprint density at radius 1 is 1.27 bits per heavy atom. The summed E-state index contributed by atoms with van der Waals surface area (Å²) in [5.41, 5.74) is 7.48. The minimum Gasteiger partial charge on any atom is -0.397 e. The highest BCUT2D eigenvalue weighted by molar-refractivity contribution is 7.99. The summed E-state index contributed by atoms with van der Waals surface area (Å²) in [4.78, 5) is 15.8. The lowest BCUT2D eigenvalue weighted by Gasteiger charge is -2.16. The van der Waals surface area contributed by atoms with Crippen LogP contribution < -0.4 is 5.73 Å². The van der Waals surface area contributed by atoms with Gasteiger partial charge in [0, 0.05) is 22.9 Å². The van der Waals surface area contributed by atoms with Crippen molar-refractivity contribution in [3.05, 3.63) is 39.7 Å². The SMILES string of the molecule is CCN(CC)CCSc1nsc2sc(C(=O)c3ccc(Cl)cc3)c(N)c12. The first kappa shape index (κ1) is 19.6. The lowest BCUT2D eigenvalue weighted by Crippen LogP contribution is -2.25.